The first-order valence-electron chi connectivity index (χ1n) is 10.5. The lowest BCUT2D eigenvalue weighted by Crippen LogP contribution is -2.46. The molecule has 1 aromatic carbocycles. The Labute approximate surface area is 173 Å². The van der Waals surface area contributed by atoms with Gasteiger partial charge in [-0.1, -0.05) is 45.7 Å². The highest BCUT2D eigenvalue weighted by Gasteiger charge is 2.51. The quantitative estimate of drug-likeness (QED) is 0.575. The fourth-order valence-corrected chi connectivity index (χ4v) is 3.58. The Morgan fingerprint density at radius 3 is 2.14 bits per heavy atom. The van der Waals surface area contributed by atoms with Gasteiger partial charge in [-0.25, -0.2) is 4.79 Å². The van der Waals surface area contributed by atoms with Crippen LogP contribution in [0.4, 0.5) is 4.79 Å². The molecule has 1 fully saturated rings. The van der Waals surface area contributed by atoms with Gasteiger partial charge in [-0.05, 0) is 37.0 Å². The van der Waals surface area contributed by atoms with Gasteiger partial charge in [-0.15, -0.1) is 0 Å². The summed E-state index contributed by atoms with van der Waals surface area (Å²) in [7, 11) is 1.57. The van der Waals surface area contributed by atoms with E-state index in [9.17, 15) is 14.4 Å². The highest BCUT2D eigenvalue weighted by molar-refractivity contribution is 6.09. The Kier molecular flexibility index (Phi) is 8.05. The number of methoxy groups -OCH3 is 1. The molecule has 0 aromatic heterocycles. The molecule has 29 heavy (non-hydrogen) atoms. The van der Waals surface area contributed by atoms with E-state index < -0.39 is 11.6 Å². The van der Waals surface area contributed by atoms with Crippen molar-refractivity contribution >= 4 is 17.8 Å². The Morgan fingerprint density at radius 2 is 1.66 bits per heavy atom. The average molecular weight is 404 g/mol. The largest absolute Gasteiger partial charge is 0.497 e. The zero-order chi connectivity index (χ0) is 21.4. The Balaban J connectivity index is 2.20. The molecule has 1 heterocycles. The van der Waals surface area contributed by atoms with Gasteiger partial charge in [0.25, 0.3) is 5.91 Å². The minimum atomic E-state index is -1.15. The molecule has 0 bridgehead atoms. The number of hydrogen-bond donors (Lipinski definition) is 1. The summed E-state index contributed by atoms with van der Waals surface area (Å²) in [4.78, 5) is 41.6. The molecule has 1 atom stereocenters. The molecule has 2 rings (SSSR count). The first-order valence-corrected chi connectivity index (χ1v) is 10.5. The lowest BCUT2D eigenvalue weighted by atomic mass is 9.87. The molecule has 7 nitrogen and oxygen atoms in total. The summed E-state index contributed by atoms with van der Waals surface area (Å²) in [6, 6.07) is 6.56. The molecule has 1 saturated heterocycles. The van der Waals surface area contributed by atoms with Gasteiger partial charge in [0, 0.05) is 13.1 Å². The van der Waals surface area contributed by atoms with E-state index in [4.69, 9.17) is 4.74 Å². The zero-order valence-electron chi connectivity index (χ0n) is 18.0. The van der Waals surface area contributed by atoms with Crippen LogP contribution in [0, 0.1) is 0 Å². The van der Waals surface area contributed by atoms with E-state index in [2.05, 4.69) is 19.2 Å². The summed E-state index contributed by atoms with van der Waals surface area (Å²) in [6.45, 7) is 7.07. The van der Waals surface area contributed by atoms with E-state index in [1.807, 2.05) is 6.92 Å². The number of ether oxygens (including phenoxy) is 1. The maximum Gasteiger partial charge on any atom is 0.325 e. The van der Waals surface area contributed by atoms with Crippen LogP contribution in [0.5, 0.6) is 5.75 Å². The van der Waals surface area contributed by atoms with Crippen molar-refractivity contribution < 1.29 is 19.1 Å². The molecule has 1 N–H and O–H groups in total. The second kappa shape index (κ2) is 10.3. The van der Waals surface area contributed by atoms with Crippen LogP contribution in [-0.2, 0) is 15.1 Å². The van der Waals surface area contributed by atoms with Crippen LogP contribution in [0.25, 0.3) is 0 Å². The van der Waals surface area contributed by atoms with Crippen LogP contribution in [0.3, 0.4) is 0 Å². The van der Waals surface area contributed by atoms with Crippen molar-refractivity contribution in [2.45, 2.75) is 58.4 Å². The Morgan fingerprint density at radius 1 is 1.07 bits per heavy atom. The van der Waals surface area contributed by atoms with Crippen molar-refractivity contribution in [1.29, 1.82) is 0 Å². The predicted octanol–water partition coefficient (Wildman–Crippen LogP) is 3.28. The van der Waals surface area contributed by atoms with Gasteiger partial charge in [0.05, 0.1) is 7.11 Å². The lowest BCUT2D eigenvalue weighted by molar-refractivity contribution is -0.139. The van der Waals surface area contributed by atoms with Crippen LogP contribution in [-0.4, -0.2) is 54.4 Å². The molecule has 160 valence electrons. The molecule has 0 radical (unpaired) electrons. The number of imide groups is 1. The van der Waals surface area contributed by atoms with Gasteiger partial charge in [0.1, 0.15) is 17.8 Å². The van der Waals surface area contributed by atoms with Crippen molar-refractivity contribution in [2.24, 2.45) is 0 Å². The zero-order valence-corrected chi connectivity index (χ0v) is 18.0. The fraction of sp³-hybridized carbons (Fsp3) is 0.591. The normalized spacial score (nSPS) is 18.7. The van der Waals surface area contributed by atoms with Crippen LogP contribution < -0.4 is 10.1 Å². The maximum absolute atomic E-state index is 13.3. The van der Waals surface area contributed by atoms with E-state index in [1.165, 1.54) is 0 Å². The summed E-state index contributed by atoms with van der Waals surface area (Å²) in [5, 5.41) is 2.83. The summed E-state index contributed by atoms with van der Waals surface area (Å²) >= 11 is 0. The third kappa shape index (κ3) is 4.89. The Hall–Kier alpha value is -2.57. The van der Waals surface area contributed by atoms with Crippen molar-refractivity contribution in [1.82, 2.24) is 15.1 Å². The number of nitrogens with zero attached hydrogens (tertiary/aromatic N) is 2. The fourth-order valence-electron chi connectivity index (χ4n) is 3.58. The number of unbranched alkanes of at least 4 members (excludes halogenated alkanes) is 2. The number of rotatable bonds is 11. The van der Waals surface area contributed by atoms with Crippen LogP contribution >= 0.6 is 0 Å². The second-order valence-corrected chi connectivity index (χ2v) is 7.40. The van der Waals surface area contributed by atoms with Gasteiger partial charge < -0.3 is 15.0 Å². The van der Waals surface area contributed by atoms with Gasteiger partial charge in [0.2, 0.25) is 5.91 Å². The molecular formula is C22H33N3O4. The minimum absolute atomic E-state index is 0.183. The third-order valence-electron chi connectivity index (χ3n) is 5.50. The molecule has 0 aliphatic carbocycles. The molecular weight excluding hydrogens is 370 g/mol. The van der Waals surface area contributed by atoms with Gasteiger partial charge in [-0.3, -0.25) is 14.5 Å². The van der Waals surface area contributed by atoms with E-state index in [0.29, 0.717) is 30.8 Å². The molecule has 0 unspecified atom stereocenters. The number of urea groups is 1. The van der Waals surface area contributed by atoms with E-state index in [-0.39, 0.29) is 18.4 Å². The van der Waals surface area contributed by atoms with Crippen LogP contribution in [0.15, 0.2) is 24.3 Å². The number of carbonyl (C=O) groups is 3. The highest BCUT2D eigenvalue weighted by atomic mass is 16.5. The summed E-state index contributed by atoms with van der Waals surface area (Å²) in [6.07, 6.45) is 4.16. The second-order valence-electron chi connectivity index (χ2n) is 7.40. The molecule has 1 aliphatic heterocycles. The molecule has 0 spiro atoms. The Bertz CT molecular complexity index is 711. The monoisotopic (exact) mass is 403 g/mol. The van der Waals surface area contributed by atoms with Gasteiger partial charge in [-0.2, -0.15) is 0 Å². The number of carbonyl (C=O) groups excluding carboxylic acids is 3. The summed E-state index contributed by atoms with van der Waals surface area (Å²) < 4.78 is 5.18. The summed E-state index contributed by atoms with van der Waals surface area (Å²) in [5.74, 6) is 0.109. The van der Waals surface area contributed by atoms with Gasteiger partial charge >= 0.3 is 6.03 Å². The van der Waals surface area contributed by atoms with Crippen molar-refractivity contribution in [3.63, 3.8) is 0 Å². The number of hydrogen-bond acceptors (Lipinski definition) is 4. The third-order valence-corrected chi connectivity index (χ3v) is 5.50. The van der Waals surface area contributed by atoms with Crippen LogP contribution in [0.1, 0.15) is 58.4 Å². The molecule has 1 aliphatic rings. The standard InChI is InChI=1S/C22H33N3O4/c1-5-8-14-24(15-9-6-2)19(26)16-25-20(27)22(7-3,23-21(25)28)17-10-12-18(29-4)13-11-17/h10-13H,5-9,14-16H2,1-4H3,(H,23,28)/t22-/m0/s1. The smallest absolute Gasteiger partial charge is 0.325 e. The number of amides is 4. The number of nitrogens with one attached hydrogen (secondary N) is 1. The lowest BCUT2D eigenvalue weighted by Gasteiger charge is -2.27. The molecule has 7 heteroatoms. The van der Waals surface area contributed by atoms with Crippen molar-refractivity contribution in [3.8, 4) is 5.75 Å². The first kappa shape index (κ1) is 22.7. The molecule has 1 aromatic rings. The molecule has 0 saturated carbocycles. The highest BCUT2D eigenvalue weighted by Crippen LogP contribution is 2.33. The van der Waals surface area contributed by atoms with Crippen molar-refractivity contribution in [2.75, 3.05) is 26.7 Å². The maximum atomic E-state index is 13.3. The average Bonchev–Trinajstić information content (AvgIpc) is 2.99. The summed E-state index contributed by atoms with van der Waals surface area (Å²) in [5.41, 5.74) is -0.468. The first-order chi connectivity index (χ1) is 13.9. The van der Waals surface area contributed by atoms with E-state index >= 15 is 0 Å². The number of benzene rings is 1. The van der Waals surface area contributed by atoms with Crippen molar-refractivity contribution in [3.05, 3.63) is 29.8 Å². The topological polar surface area (TPSA) is 79.0 Å². The van der Waals surface area contributed by atoms with Crippen LogP contribution in [0.2, 0.25) is 0 Å². The van der Waals surface area contributed by atoms with E-state index in [1.54, 1.807) is 36.3 Å². The SMILES string of the molecule is CCCCN(CCCC)C(=O)CN1C(=O)N[C@@](CC)(c2ccc(OC)cc2)C1=O. The minimum Gasteiger partial charge on any atom is -0.497 e. The van der Waals surface area contributed by atoms with Gasteiger partial charge in [0.15, 0.2) is 0 Å². The van der Waals surface area contributed by atoms with E-state index in [0.717, 1.165) is 30.6 Å². The predicted molar refractivity (Wildman–Crippen MR) is 112 cm³/mol. The molecule has 4 amide bonds.